The van der Waals surface area contributed by atoms with Gasteiger partial charge in [-0.05, 0) is 30.5 Å². The van der Waals surface area contributed by atoms with Crippen molar-refractivity contribution in [3.05, 3.63) is 70.8 Å². The van der Waals surface area contributed by atoms with Crippen molar-refractivity contribution < 1.29 is 8.78 Å². The second-order valence-electron chi connectivity index (χ2n) is 4.74. The van der Waals surface area contributed by atoms with E-state index in [-0.39, 0.29) is 5.56 Å². The topological polar surface area (TPSA) is 26.0 Å². The molecule has 0 saturated heterocycles. The molecule has 0 aromatic heterocycles. The Hall–Kier alpha value is -1.74. The van der Waals surface area contributed by atoms with Gasteiger partial charge in [0.15, 0.2) is 0 Å². The predicted molar refractivity (Wildman–Crippen MR) is 72.8 cm³/mol. The van der Waals surface area contributed by atoms with Crippen molar-refractivity contribution in [1.29, 1.82) is 0 Å². The van der Waals surface area contributed by atoms with Gasteiger partial charge in [0.1, 0.15) is 11.6 Å². The lowest BCUT2D eigenvalue weighted by molar-refractivity contribution is 0.441. The minimum Gasteiger partial charge on any atom is -0.318 e. The molecule has 0 aliphatic rings. The van der Waals surface area contributed by atoms with Crippen LogP contribution in [0.1, 0.15) is 30.0 Å². The Kier molecular flexibility index (Phi) is 3.67. The zero-order chi connectivity index (χ0) is 14.0. The minimum absolute atomic E-state index is 0.0544. The molecule has 2 aromatic rings. The Balaban J connectivity index is 2.70. The highest BCUT2D eigenvalue weighted by Gasteiger charge is 2.34. The molecule has 2 aromatic carbocycles. The largest absolute Gasteiger partial charge is 0.318 e. The third-order valence-electron chi connectivity index (χ3n) is 3.58. The molecule has 1 unspecified atom stereocenters. The summed E-state index contributed by atoms with van der Waals surface area (Å²) in [6, 6.07) is 11.8. The van der Waals surface area contributed by atoms with E-state index < -0.39 is 17.2 Å². The highest BCUT2D eigenvalue weighted by atomic mass is 19.1. The quantitative estimate of drug-likeness (QED) is 0.891. The van der Waals surface area contributed by atoms with Crippen molar-refractivity contribution in [1.82, 2.24) is 0 Å². The molecule has 0 spiro atoms. The van der Waals surface area contributed by atoms with E-state index >= 15 is 0 Å². The zero-order valence-corrected chi connectivity index (χ0v) is 11.1. The van der Waals surface area contributed by atoms with Crippen molar-refractivity contribution in [2.75, 3.05) is 0 Å². The van der Waals surface area contributed by atoms with E-state index in [1.807, 2.05) is 25.1 Å². The maximum Gasteiger partial charge on any atom is 0.134 e. The molecular weight excluding hydrogens is 244 g/mol. The highest BCUT2D eigenvalue weighted by Crippen LogP contribution is 2.34. The van der Waals surface area contributed by atoms with Gasteiger partial charge in [-0.3, -0.25) is 0 Å². The Labute approximate surface area is 112 Å². The van der Waals surface area contributed by atoms with Crippen LogP contribution in [0.25, 0.3) is 0 Å². The number of halogens is 2. The van der Waals surface area contributed by atoms with Crippen LogP contribution in [-0.4, -0.2) is 0 Å². The van der Waals surface area contributed by atoms with Gasteiger partial charge in [-0.25, -0.2) is 8.78 Å². The van der Waals surface area contributed by atoms with Gasteiger partial charge in [0.2, 0.25) is 0 Å². The fraction of sp³-hybridized carbons (Fsp3) is 0.250. The maximum absolute atomic E-state index is 14.3. The first kappa shape index (κ1) is 13.7. The van der Waals surface area contributed by atoms with Crippen molar-refractivity contribution in [3.63, 3.8) is 0 Å². The second-order valence-corrected chi connectivity index (χ2v) is 4.74. The summed E-state index contributed by atoms with van der Waals surface area (Å²) in [5.41, 5.74) is 6.23. The van der Waals surface area contributed by atoms with Crippen molar-refractivity contribution in [2.24, 2.45) is 5.73 Å². The number of nitrogens with two attached hydrogens (primary N) is 1. The van der Waals surface area contributed by atoms with E-state index in [0.717, 1.165) is 0 Å². The Morgan fingerprint density at radius 3 is 2.26 bits per heavy atom. The molecule has 100 valence electrons. The summed E-state index contributed by atoms with van der Waals surface area (Å²) in [6.45, 7) is 3.44. The Morgan fingerprint density at radius 1 is 1.05 bits per heavy atom. The molecule has 0 amide bonds. The zero-order valence-electron chi connectivity index (χ0n) is 11.1. The lowest BCUT2D eigenvalue weighted by atomic mass is 9.80. The summed E-state index contributed by atoms with van der Waals surface area (Å²) in [4.78, 5) is 0. The van der Waals surface area contributed by atoms with Crippen LogP contribution in [0.5, 0.6) is 0 Å². The van der Waals surface area contributed by atoms with Gasteiger partial charge < -0.3 is 5.73 Å². The van der Waals surface area contributed by atoms with Crippen LogP contribution >= 0.6 is 0 Å². The van der Waals surface area contributed by atoms with Crippen LogP contribution in [0.2, 0.25) is 0 Å². The molecule has 0 fully saturated rings. The molecule has 0 heterocycles. The minimum atomic E-state index is -1.15. The molecule has 0 aliphatic carbocycles. The standard InChI is InChI=1S/C16H17F2N/c1-3-16(19,12-7-5-4-6-8-12)14-13(17)10-9-11(2)15(14)18/h4-10H,3,19H2,1-2H3. The van der Waals surface area contributed by atoms with E-state index in [9.17, 15) is 8.78 Å². The van der Waals surface area contributed by atoms with Gasteiger partial charge in [0.25, 0.3) is 0 Å². The molecule has 19 heavy (non-hydrogen) atoms. The summed E-state index contributed by atoms with van der Waals surface area (Å²) in [7, 11) is 0. The van der Waals surface area contributed by atoms with Gasteiger partial charge in [-0.2, -0.15) is 0 Å². The third kappa shape index (κ3) is 2.26. The van der Waals surface area contributed by atoms with Crippen LogP contribution in [0.3, 0.4) is 0 Å². The summed E-state index contributed by atoms with van der Waals surface area (Å²) < 4.78 is 28.4. The lowest BCUT2D eigenvalue weighted by Gasteiger charge is -2.30. The number of rotatable bonds is 3. The summed E-state index contributed by atoms with van der Waals surface area (Å²) >= 11 is 0. The fourth-order valence-electron chi connectivity index (χ4n) is 2.33. The molecule has 0 bridgehead atoms. The van der Waals surface area contributed by atoms with Gasteiger partial charge in [0, 0.05) is 5.56 Å². The number of hydrogen-bond donors (Lipinski definition) is 1. The van der Waals surface area contributed by atoms with Crippen LogP contribution in [0, 0.1) is 18.6 Å². The fourth-order valence-corrected chi connectivity index (χ4v) is 2.33. The number of aryl methyl sites for hydroxylation is 1. The lowest BCUT2D eigenvalue weighted by Crippen LogP contribution is -2.39. The van der Waals surface area contributed by atoms with Crippen molar-refractivity contribution in [2.45, 2.75) is 25.8 Å². The van der Waals surface area contributed by atoms with Crippen LogP contribution in [0.15, 0.2) is 42.5 Å². The van der Waals surface area contributed by atoms with Gasteiger partial charge in [-0.15, -0.1) is 0 Å². The Bertz CT molecular complexity index is 581. The van der Waals surface area contributed by atoms with Gasteiger partial charge in [-0.1, -0.05) is 43.3 Å². The maximum atomic E-state index is 14.3. The normalized spacial score (nSPS) is 14.2. The summed E-state index contributed by atoms with van der Waals surface area (Å²) in [6.07, 6.45) is 0.411. The predicted octanol–water partition coefficient (Wildman–Crippen LogP) is 3.89. The van der Waals surface area contributed by atoms with Gasteiger partial charge in [0.05, 0.1) is 5.54 Å². The molecule has 0 radical (unpaired) electrons. The first-order valence-corrected chi connectivity index (χ1v) is 6.30. The van der Waals surface area contributed by atoms with Crippen LogP contribution < -0.4 is 5.73 Å². The van der Waals surface area contributed by atoms with Gasteiger partial charge >= 0.3 is 0 Å². The first-order chi connectivity index (χ1) is 9.00. The van der Waals surface area contributed by atoms with Crippen LogP contribution in [0.4, 0.5) is 8.78 Å². The molecule has 3 heteroatoms. The van der Waals surface area contributed by atoms with E-state index in [1.54, 1.807) is 19.1 Å². The summed E-state index contributed by atoms with van der Waals surface area (Å²) in [5.74, 6) is -1.16. The second kappa shape index (κ2) is 5.10. The molecule has 2 rings (SSSR count). The first-order valence-electron chi connectivity index (χ1n) is 6.30. The monoisotopic (exact) mass is 261 g/mol. The van der Waals surface area contributed by atoms with E-state index in [2.05, 4.69) is 0 Å². The smallest absolute Gasteiger partial charge is 0.134 e. The van der Waals surface area contributed by atoms with E-state index in [0.29, 0.717) is 17.5 Å². The number of hydrogen-bond acceptors (Lipinski definition) is 1. The average molecular weight is 261 g/mol. The van der Waals surface area contributed by atoms with Crippen molar-refractivity contribution >= 4 is 0 Å². The number of benzene rings is 2. The molecular formula is C16H17F2N. The molecule has 0 saturated carbocycles. The molecule has 1 atom stereocenters. The molecule has 0 aliphatic heterocycles. The molecule has 2 N–H and O–H groups in total. The highest BCUT2D eigenvalue weighted by molar-refractivity contribution is 5.41. The summed E-state index contributed by atoms with van der Waals surface area (Å²) in [5, 5.41) is 0. The van der Waals surface area contributed by atoms with E-state index in [4.69, 9.17) is 5.73 Å². The SMILES string of the molecule is CCC(N)(c1ccccc1)c1c(F)ccc(C)c1F. The van der Waals surface area contributed by atoms with Crippen LogP contribution in [-0.2, 0) is 5.54 Å². The van der Waals surface area contributed by atoms with Crippen molar-refractivity contribution in [3.8, 4) is 0 Å². The molecule has 1 nitrogen and oxygen atoms in total. The van der Waals surface area contributed by atoms with E-state index in [1.165, 1.54) is 12.1 Å². The Morgan fingerprint density at radius 2 is 1.68 bits per heavy atom. The average Bonchev–Trinajstić information content (AvgIpc) is 2.44. The third-order valence-corrected chi connectivity index (χ3v) is 3.58.